The standard InChI is InChI=1S/C20H17N3O4S/c1-14-6-9-17(10-7-14)28-20-11-8-16(27-20)13-21-22-19(24)12-15-4-2-3-5-18(15)23(25)26/h2-11,13H,12H2,1H3,(H,22,24)/b21-13+. The fraction of sp³-hybridized carbons (Fsp3) is 0.100. The van der Waals surface area contributed by atoms with E-state index in [2.05, 4.69) is 10.5 Å². The number of nitro benzene ring substituents is 1. The number of hydrogen-bond acceptors (Lipinski definition) is 6. The van der Waals surface area contributed by atoms with E-state index in [9.17, 15) is 14.9 Å². The average Bonchev–Trinajstić information content (AvgIpc) is 3.11. The van der Waals surface area contributed by atoms with Crippen LogP contribution in [0.2, 0.25) is 0 Å². The number of furan rings is 1. The van der Waals surface area contributed by atoms with Crippen LogP contribution in [0.4, 0.5) is 5.69 Å². The van der Waals surface area contributed by atoms with Gasteiger partial charge < -0.3 is 4.42 Å². The molecule has 0 fully saturated rings. The molecular formula is C20H17N3O4S. The zero-order valence-electron chi connectivity index (χ0n) is 15.0. The van der Waals surface area contributed by atoms with Gasteiger partial charge in [0.25, 0.3) is 5.69 Å². The molecular weight excluding hydrogens is 378 g/mol. The van der Waals surface area contributed by atoms with E-state index in [0.29, 0.717) is 16.4 Å². The highest BCUT2D eigenvalue weighted by atomic mass is 32.2. The third kappa shape index (κ3) is 5.31. The van der Waals surface area contributed by atoms with Crippen LogP contribution in [0.3, 0.4) is 0 Å². The van der Waals surface area contributed by atoms with Crippen molar-refractivity contribution < 1.29 is 14.1 Å². The normalized spacial score (nSPS) is 10.9. The number of hydrazone groups is 1. The maximum atomic E-state index is 12.0. The summed E-state index contributed by atoms with van der Waals surface area (Å²) in [5, 5.41) is 15.5. The molecule has 0 atom stereocenters. The van der Waals surface area contributed by atoms with Gasteiger partial charge in [-0.1, -0.05) is 47.7 Å². The Morgan fingerprint density at radius 2 is 1.93 bits per heavy atom. The molecule has 7 nitrogen and oxygen atoms in total. The molecule has 0 unspecified atom stereocenters. The summed E-state index contributed by atoms with van der Waals surface area (Å²) in [6, 6.07) is 17.8. The Morgan fingerprint density at radius 1 is 1.18 bits per heavy atom. The Labute approximate surface area is 165 Å². The minimum atomic E-state index is -0.512. The molecule has 1 N–H and O–H groups in total. The third-order valence-corrected chi connectivity index (χ3v) is 4.69. The van der Waals surface area contributed by atoms with Crippen molar-refractivity contribution in [3.05, 3.63) is 87.7 Å². The number of nitro groups is 1. The lowest BCUT2D eigenvalue weighted by atomic mass is 10.1. The van der Waals surface area contributed by atoms with Crippen LogP contribution < -0.4 is 5.43 Å². The van der Waals surface area contributed by atoms with Crippen molar-refractivity contribution in [3.8, 4) is 0 Å². The van der Waals surface area contributed by atoms with Gasteiger partial charge in [0, 0.05) is 16.5 Å². The van der Waals surface area contributed by atoms with Gasteiger partial charge in [0.2, 0.25) is 5.91 Å². The topological polar surface area (TPSA) is 97.7 Å². The first-order chi connectivity index (χ1) is 13.5. The molecule has 0 radical (unpaired) electrons. The second-order valence-corrected chi connectivity index (χ2v) is 7.01. The first-order valence-electron chi connectivity index (χ1n) is 8.40. The van der Waals surface area contributed by atoms with Gasteiger partial charge in [0.05, 0.1) is 17.6 Å². The van der Waals surface area contributed by atoms with Crippen molar-refractivity contribution in [2.45, 2.75) is 23.3 Å². The van der Waals surface area contributed by atoms with Crippen molar-refractivity contribution in [1.29, 1.82) is 0 Å². The summed E-state index contributed by atoms with van der Waals surface area (Å²) in [4.78, 5) is 23.5. The number of nitrogens with zero attached hydrogens (tertiary/aromatic N) is 2. The molecule has 2 aromatic carbocycles. The number of amides is 1. The lowest BCUT2D eigenvalue weighted by Crippen LogP contribution is -2.20. The molecule has 0 bridgehead atoms. The van der Waals surface area contributed by atoms with Crippen LogP contribution in [-0.4, -0.2) is 17.0 Å². The fourth-order valence-corrected chi connectivity index (χ4v) is 3.18. The molecule has 0 spiro atoms. The molecule has 0 aliphatic rings. The highest BCUT2D eigenvalue weighted by Gasteiger charge is 2.15. The molecule has 1 heterocycles. The Balaban J connectivity index is 1.55. The number of nitrogens with one attached hydrogen (secondary N) is 1. The molecule has 8 heteroatoms. The Hall–Kier alpha value is -3.39. The largest absolute Gasteiger partial charge is 0.448 e. The minimum absolute atomic E-state index is 0.0922. The van der Waals surface area contributed by atoms with Crippen molar-refractivity contribution in [1.82, 2.24) is 5.43 Å². The monoisotopic (exact) mass is 395 g/mol. The number of carbonyl (C=O) groups is 1. The van der Waals surface area contributed by atoms with E-state index in [-0.39, 0.29) is 12.1 Å². The van der Waals surface area contributed by atoms with Crippen molar-refractivity contribution >= 4 is 29.6 Å². The van der Waals surface area contributed by atoms with Gasteiger partial charge in [0.15, 0.2) is 5.09 Å². The van der Waals surface area contributed by atoms with E-state index < -0.39 is 10.8 Å². The summed E-state index contributed by atoms with van der Waals surface area (Å²) in [5.41, 5.74) is 3.78. The molecule has 3 rings (SSSR count). The Bertz CT molecular complexity index is 1010. The molecule has 0 saturated carbocycles. The van der Waals surface area contributed by atoms with Crippen LogP contribution >= 0.6 is 11.8 Å². The lowest BCUT2D eigenvalue weighted by molar-refractivity contribution is -0.385. The molecule has 0 saturated heterocycles. The van der Waals surface area contributed by atoms with E-state index in [0.717, 1.165) is 4.90 Å². The summed E-state index contributed by atoms with van der Waals surface area (Å²) in [6.45, 7) is 2.03. The van der Waals surface area contributed by atoms with Crippen LogP contribution in [-0.2, 0) is 11.2 Å². The quantitative estimate of drug-likeness (QED) is 0.365. The van der Waals surface area contributed by atoms with Gasteiger partial charge >= 0.3 is 0 Å². The number of rotatable bonds is 7. The molecule has 3 aromatic rings. The number of benzene rings is 2. The van der Waals surface area contributed by atoms with E-state index in [1.54, 1.807) is 24.3 Å². The van der Waals surface area contributed by atoms with Crippen molar-refractivity contribution in [2.75, 3.05) is 0 Å². The highest BCUT2D eigenvalue weighted by molar-refractivity contribution is 7.99. The van der Waals surface area contributed by atoms with E-state index in [1.807, 2.05) is 37.3 Å². The van der Waals surface area contributed by atoms with Crippen LogP contribution in [0.25, 0.3) is 0 Å². The predicted octanol–water partition coefficient (Wildman–Crippen LogP) is 4.34. The Kier molecular flexibility index (Phi) is 6.23. The van der Waals surface area contributed by atoms with Gasteiger partial charge in [-0.3, -0.25) is 14.9 Å². The van der Waals surface area contributed by atoms with E-state index >= 15 is 0 Å². The van der Waals surface area contributed by atoms with Crippen LogP contribution in [0, 0.1) is 17.0 Å². The number of aryl methyl sites for hydroxylation is 1. The van der Waals surface area contributed by atoms with Crippen molar-refractivity contribution in [3.63, 3.8) is 0 Å². The first kappa shape index (κ1) is 19.4. The lowest BCUT2D eigenvalue weighted by Gasteiger charge is -2.01. The Morgan fingerprint density at radius 3 is 2.68 bits per heavy atom. The predicted molar refractivity (Wildman–Crippen MR) is 107 cm³/mol. The molecule has 142 valence electrons. The van der Waals surface area contributed by atoms with Gasteiger partial charge in [-0.2, -0.15) is 5.10 Å². The average molecular weight is 395 g/mol. The maximum Gasteiger partial charge on any atom is 0.273 e. The summed E-state index contributed by atoms with van der Waals surface area (Å²) < 4.78 is 5.64. The summed E-state index contributed by atoms with van der Waals surface area (Å²) in [6.07, 6.45) is 1.25. The van der Waals surface area contributed by atoms with E-state index in [1.165, 1.54) is 29.6 Å². The number of carbonyl (C=O) groups excluding carboxylic acids is 1. The fourth-order valence-electron chi connectivity index (χ4n) is 2.40. The summed E-state index contributed by atoms with van der Waals surface area (Å²) in [5.74, 6) is 0.0342. The second kappa shape index (κ2) is 9.01. The second-order valence-electron chi connectivity index (χ2n) is 5.93. The molecule has 1 aromatic heterocycles. The maximum absolute atomic E-state index is 12.0. The molecule has 1 amide bonds. The number of hydrogen-bond donors (Lipinski definition) is 1. The van der Waals surface area contributed by atoms with Gasteiger partial charge in [-0.25, -0.2) is 5.43 Å². The van der Waals surface area contributed by atoms with Crippen LogP contribution in [0.5, 0.6) is 0 Å². The van der Waals surface area contributed by atoms with E-state index in [4.69, 9.17) is 4.42 Å². The summed E-state index contributed by atoms with van der Waals surface area (Å²) >= 11 is 1.48. The minimum Gasteiger partial charge on any atom is -0.448 e. The molecule has 0 aliphatic heterocycles. The number of para-hydroxylation sites is 1. The van der Waals surface area contributed by atoms with Crippen LogP contribution in [0.1, 0.15) is 16.9 Å². The van der Waals surface area contributed by atoms with Crippen molar-refractivity contribution in [2.24, 2.45) is 5.10 Å². The smallest absolute Gasteiger partial charge is 0.273 e. The third-order valence-electron chi connectivity index (χ3n) is 3.76. The zero-order valence-corrected chi connectivity index (χ0v) is 15.8. The molecule has 28 heavy (non-hydrogen) atoms. The van der Waals surface area contributed by atoms with Gasteiger partial charge in [0.1, 0.15) is 5.76 Å². The SMILES string of the molecule is Cc1ccc(Sc2ccc(/C=N/NC(=O)Cc3ccccc3[N+](=O)[O-])o2)cc1. The van der Waals surface area contributed by atoms with Gasteiger partial charge in [-0.05, 0) is 31.2 Å². The van der Waals surface area contributed by atoms with Gasteiger partial charge in [-0.15, -0.1) is 0 Å². The zero-order chi connectivity index (χ0) is 19.9. The molecule has 0 aliphatic carbocycles. The first-order valence-corrected chi connectivity index (χ1v) is 9.21. The van der Waals surface area contributed by atoms with Crippen LogP contribution in [0.15, 0.2) is 80.2 Å². The highest BCUT2D eigenvalue weighted by Crippen LogP contribution is 2.29. The summed E-state index contributed by atoms with van der Waals surface area (Å²) in [7, 11) is 0.